The Hall–Kier alpha value is -3.35. The SMILES string of the molecule is O=C(O)CC1CCCCN1C(=O)[C@@H]1CC[C@H](NC(=O)OCC2c3ccccc3-c3ccccc32)C1. The summed E-state index contributed by atoms with van der Waals surface area (Å²) in [4.78, 5) is 38.8. The monoisotopic (exact) mass is 476 g/mol. The summed E-state index contributed by atoms with van der Waals surface area (Å²) in [6.07, 6.45) is 4.15. The molecule has 0 bridgehead atoms. The van der Waals surface area contributed by atoms with Crippen molar-refractivity contribution in [1.29, 1.82) is 0 Å². The van der Waals surface area contributed by atoms with Crippen LogP contribution in [0.1, 0.15) is 62.0 Å². The van der Waals surface area contributed by atoms with Crippen LogP contribution in [0.15, 0.2) is 48.5 Å². The van der Waals surface area contributed by atoms with E-state index in [9.17, 15) is 19.5 Å². The van der Waals surface area contributed by atoms with Crippen molar-refractivity contribution in [3.8, 4) is 11.1 Å². The molecule has 2 aromatic rings. The van der Waals surface area contributed by atoms with E-state index in [1.165, 1.54) is 22.3 Å². The van der Waals surface area contributed by atoms with Gasteiger partial charge in [0.15, 0.2) is 0 Å². The van der Waals surface area contributed by atoms with Crippen molar-refractivity contribution in [2.75, 3.05) is 13.2 Å². The summed E-state index contributed by atoms with van der Waals surface area (Å²) in [6, 6.07) is 16.1. The van der Waals surface area contributed by atoms with E-state index in [4.69, 9.17) is 4.74 Å². The minimum atomic E-state index is -0.865. The van der Waals surface area contributed by atoms with E-state index in [-0.39, 0.29) is 42.9 Å². The molecule has 3 atom stereocenters. The van der Waals surface area contributed by atoms with Crippen molar-refractivity contribution in [1.82, 2.24) is 10.2 Å². The lowest BCUT2D eigenvalue weighted by Crippen LogP contribution is -2.47. The Morgan fingerprint density at radius 2 is 1.63 bits per heavy atom. The quantitative estimate of drug-likeness (QED) is 0.638. The summed E-state index contributed by atoms with van der Waals surface area (Å²) in [5.41, 5.74) is 4.72. The number of carbonyl (C=O) groups excluding carboxylic acids is 2. The Morgan fingerprint density at radius 1 is 0.943 bits per heavy atom. The van der Waals surface area contributed by atoms with E-state index in [0.717, 1.165) is 25.7 Å². The molecule has 1 heterocycles. The number of likely N-dealkylation sites (tertiary alicyclic amines) is 1. The first-order chi connectivity index (χ1) is 17.0. The van der Waals surface area contributed by atoms with Crippen molar-refractivity contribution in [3.05, 3.63) is 59.7 Å². The molecule has 5 rings (SSSR count). The summed E-state index contributed by atoms with van der Waals surface area (Å²) in [5.74, 6) is -0.997. The van der Waals surface area contributed by atoms with Gasteiger partial charge < -0.3 is 20.1 Å². The number of fused-ring (bicyclic) bond motifs is 3. The normalized spacial score (nSPS) is 23.4. The van der Waals surface area contributed by atoms with Gasteiger partial charge in [0.1, 0.15) is 6.61 Å². The molecule has 184 valence electrons. The number of alkyl carbamates (subject to hydrolysis) is 1. The van der Waals surface area contributed by atoms with E-state index >= 15 is 0 Å². The predicted molar refractivity (Wildman–Crippen MR) is 131 cm³/mol. The van der Waals surface area contributed by atoms with Gasteiger partial charge in [0, 0.05) is 30.5 Å². The average Bonchev–Trinajstić information content (AvgIpc) is 3.45. The summed E-state index contributed by atoms with van der Waals surface area (Å²) in [5, 5.41) is 12.2. The molecule has 2 amide bonds. The maximum absolute atomic E-state index is 13.1. The Morgan fingerprint density at radius 3 is 2.31 bits per heavy atom. The number of aliphatic carboxylic acids is 1. The first-order valence-electron chi connectivity index (χ1n) is 12.6. The van der Waals surface area contributed by atoms with Gasteiger partial charge in [0.2, 0.25) is 5.91 Å². The molecule has 1 aliphatic heterocycles. The number of nitrogens with one attached hydrogen (secondary N) is 1. The maximum atomic E-state index is 13.1. The van der Waals surface area contributed by atoms with Crippen LogP contribution in [0.5, 0.6) is 0 Å². The van der Waals surface area contributed by atoms with Crippen LogP contribution >= 0.6 is 0 Å². The molecule has 1 saturated carbocycles. The van der Waals surface area contributed by atoms with Crippen LogP contribution in [0.3, 0.4) is 0 Å². The molecule has 0 spiro atoms. The Bertz CT molecular complexity index is 1070. The lowest BCUT2D eigenvalue weighted by atomic mass is 9.96. The van der Waals surface area contributed by atoms with Crippen molar-refractivity contribution in [2.24, 2.45) is 5.92 Å². The van der Waals surface area contributed by atoms with E-state index in [1.807, 2.05) is 24.3 Å². The van der Waals surface area contributed by atoms with Gasteiger partial charge in [-0.1, -0.05) is 48.5 Å². The number of amides is 2. The Kier molecular flexibility index (Phi) is 6.75. The number of ether oxygens (including phenoxy) is 1. The molecule has 0 aromatic heterocycles. The number of rotatable bonds is 6. The number of hydrogen-bond acceptors (Lipinski definition) is 4. The molecule has 35 heavy (non-hydrogen) atoms. The molecule has 0 radical (unpaired) electrons. The van der Waals surface area contributed by atoms with Gasteiger partial charge in [-0.3, -0.25) is 9.59 Å². The van der Waals surface area contributed by atoms with E-state index in [1.54, 1.807) is 4.90 Å². The van der Waals surface area contributed by atoms with E-state index in [0.29, 0.717) is 19.4 Å². The zero-order valence-electron chi connectivity index (χ0n) is 19.8. The van der Waals surface area contributed by atoms with Gasteiger partial charge in [0.25, 0.3) is 0 Å². The highest BCUT2D eigenvalue weighted by atomic mass is 16.5. The van der Waals surface area contributed by atoms with Crippen LogP contribution < -0.4 is 5.32 Å². The van der Waals surface area contributed by atoms with Crippen molar-refractivity contribution in [2.45, 2.75) is 62.9 Å². The predicted octanol–water partition coefficient (Wildman–Crippen LogP) is 4.55. The summed E-state index contributed by atoms with van der Waals surface area (Å²) < 4.78 is 5.66. The number of benzene rings is 2. The highest BCUT2D eigenvalue weighted by Crippen LogP contribution is 2.44. The molecule has 1 unspecified atom stereocenters. The average molecular weight is 477 g/mol. The summed E-state index contributed by atoms with van der Waals surface area (Å²) >= 11 is 0. The molecule has 7 heteroatoms. The molecule has 7 nitrogen and oxygen atoms in total. The van der Waals surface area contributed by atoms with Crippen molar-refractivity contribution < 1.29 is 24.2 Å². The van der Waals surface area contributed by atoms with E-state index in [2.05, 4.69) is 29.6 Å². The Labute approximate surface area is 205 Å². The topological polar surface area (TPSA) is 95.9 Å². The molecule has 2 N–H and O–H groups in total. The smallest absolute Gasteiger partial charge is 0.407 e. The molecule has 1 saturated heterocycles. The second kappa shape index (κ2) is 10.1. The largest absolute Gasteiger partial charge is 0.481 e. The number of hydrogen-bond donors (Lipinski definition) is 2. The van der Waals surface area contributed by atoms with E-state index < -0.39 is 12.1 Å². The second-order valence-corrected chi connectivity index (χ2v) is 9.96. The minimum absolute atomic E-state index is 0.000111. The second-order valence-electron chi connectivity index (χ2n) is 9.96. The summed E-state index contributed by atoms with van der Waals surface area (Å²) in [7, 11) is 0. The third kappa shape index (κ3) is 4.90. The van der Waals surface area contributed by atoms with Crippen LogP contribution in [-0.4, -0.2) is 53.2 Å². The maximum Gasteiger partial charge on any atom is 0.407 e. The highest BCUT2D eigenvalue weighted by Gasteiger charge is 2.37. The van der Waals surface area contributed by atoms with Gasteiger partial charge in [0.05, 0.1) is 6.42 Å². The van der Waals surface area contributed by atoms with Gasteiger partial charge in [-0.2, -0.15) is 0 Å². The standard InChI is InChI=1S/C28H32N2O5/c31-26(32)16-20-7-5-6-14-30(20)27(33)18-12-13-19(15-18)29-28(34)35-17-25-23-10-3-1-8-21(23)22-9-2-4-11-24(22)25/h1-4,8-11,18-20,25H,5-7,12-17H2,(H,29,34)(H,31,32)/t18-,19+,20?/m1/s1. The van der Waals surface area contributed by atoms with Crippen molar-refractivity contribution in [3.63, 3.8) is 0 Å². The molecule has 2 aromatic carbocycles. The van der Waals surface area contributed by atoms with Crippen LogP contribution in [0.4, 0.5) is 4.79 Å². The fourth-order valence-corrected chi connectivity index (χ4v) is 6.08. The van der Waals surface area contributed by atoms with Gasteiger partial charge >= 0.3 is 12.1 Å². The zero-order chi connectivity index (χ0) is 24.4. The first kappa shape index (κ1) is 23.4. The molecule has 2 fully saturated rings. The molecule has 3 aliphatic rings. The van der Waals surface area contributed by atoms with Gasteiger partial charge in [-0.25, -0.2) is 4.79 Å². The van der Waals surface area contributed by atoms with Crippen LogP contribution in [0.2, 0.25) is 0 Å². The third-order valence-corrected chi connectivity index (χ3v) is 7.77. The zero-order valence-corrected chi connectivity index (χ0v) is 19.8. The fourth-order valence-electron chi connectivity index (χ4n) is 6.08. The van der Waals surface area contributed by atoms with Gasteiger partial charge in [-0.05, 0) is 60.8 Å². The molecular weight excluding hydrogens is 444 g/mol. The number of carboxylic acids is 1. The number of carbonyl (C=O) groups is 3. The lowest BCUT2D eigenvalue weighted by molar-refractivity contribution is -0.143. The number of piperidine rings is 1. The fraction of sp³-hybridized carbons (Fsp3) is 0.464. The molecule has 2 aliphatic carbocycles. The molecular formula is C28H32N2O5. The van der Waals surface area contributed by atoms with Crippen LogP contribution in [-0.2, 0) is 14.3 Å². The van der Waals surface area contributed by atoms with Gasteiger partial charge in [-0.15, -0.1) is 0 Å². The Balaban J connectivity index is 1.15. The number of nitrogens with zero attached hydrogens (tertiary/aromatic N) is 1. The minimum Gasteiger partial charge on any atom is -0.481 e. The first-order valence-corrected chi connectivity index (χ1v) is 12.6. The lowest BCUT2D eigenvalue weighted by Gasteiger charge is -2.36. The third-order valence-electron chi connectivity index (χ3n) is 7.77. The van der Waals surface area contributed by atoms with Crippen LogP contribution in [0.25, 0.3) is 11.1 Å². The summed E-state index contributed by atoms with van der Waals surface area (Å²) in [6.45, 7) is 0.886. The highest BCUT2D eigenvalue weighted by molar-refractivity contribution is 5.81. The number of carboxylic acid groups (broad SMARTS) is 1. The van der Waals surface area contributed by atoms with Crippen LogP contribution in [0, 0.1) is 5.92 Å². The van der Waals surface area contributed by atoms with Crippen molar-refractivity contribution >= 4 is 18.0 Å².